The number of hydrogen-bond donors (Lipinski definition) is 3. The van der Waals surface area contributed by atoms with Crippen LogP contribution >= 0.6 is 15.9 Å². The number of anilines is 1. The molecule has 0 radical (unpaired) electrons. The van der Waals surface area contributed by atoms with Crippen LogP contribution in [0.5, 0.6) is 0 Å². The zero-order chi connectivity index (χ0) is 14.4. The molecular weight excluding hydrogens is 312 g/mol. The highest BCUT2D eigenvalue weighted by Crippen LogP contribution is 2.25. The van der Waals surface area contributed by atoms with E-state index < -0.39 is 18.0 Å². The molecule has 0 aromatic heterocycles. The zero-order valence-corrected chi connectivity index (χ0v) is 12.5. The fourth-order valence-electron chi connectivity index (χ4n) is 1.61. The summed E-state index contributed by atoms with van der Waals surface area (Å²) in [6.07, 6.45) is 1.09. The molecular formula is C13H17BrN2O3. The molecule has 0 aliphatic heterocycles. The number of hydrogen-bond acceptors (Lipinski definition) is 2. The predicted molar refractivity (Wildman–Crippen MR) is 77.4 cm³/mol. The largest absolute Gasteiger partial charge is 0.480 e. The number of urea groups is 1. The smallest absolute Gasteiger partial charge is 0.326 e. The summed E-state index contributed by atoms with van der Waals surface area (Å²) in [6, 6.07) is 4.08. The summed E-state index contributed by atoms with van der Waals surface area (Å²) >= 11 is 3.38. The van der Waals surface area contributed by atoms with Gasteiger partial charge < -0.3 is 15.7 Å². The Hall–Kier alpha value is -1.56. The Bertz CT molecular complexity index is 477. The molecule has 0 spiro atoms. The van der Waals surface area contributed by atoms with Crippen LogP contribution in [-0.4, -0.2) is 23.1 Å². The van der Waals surface area contributed by atoms with Crippen LogP contribution in [0, 0.1) is 6.92 Å². The molecule has 104 valence electrons. The molecule has 0 aliphatic carbocycles. The molecule has 0 unspecified atom stereocenters. The Kier molecular flexibility index (Phi) is 5.82. The van der Waals surface area contributed by atoms with Gasteiger partial charge >= 0.3 is 12.0 Å². The first-order valence-electron chi connectivity index (χ1n) is 6.01. The lowest BCUT2D eigenvalue weighted by Crippen LogP contribution is -2.42. The van der Waals surface area contributed by atoms with E-state index in [4.69, 9.17) is 5.11 Å². The average Bonchev–Trinajstić information content (AvgIpc) is 2.34. The van der Waals surface area contributed by atoms with E-state index in [1.807, 2.05) is 26.0 Å². The minimum atomic E-state index is -1.03. The van der Waals surface area contributed by atoms with Gasteiger partial charge in [0.05, 0.1) is 5.69 Å². The molecule has 0 bridgehead atoms. The molecule has 19 heavy (non-hydrogen) atoms. The first-order chi connectivity index (χ1) is 8.95. The van der Waals surface area contributed by atoms with E-state index in [1.165, 1.54) is 0 Å². The van der Waals surface area contributed by atoms with E-state index in [0.29, 0.717) is 18.5 Å². The lowest BCUT2D eigenvalue weighted by Gasteiger charge is -2.15. The van der Waals surface area contributed by atoms with Crippen molar-refractivity contribution < 1.29 is 14.7 Å². The molecule has 0 aliphatic rings. The van der Waals surface area contributed by atoms with Gasteiger partial charge in [0.1, 0.15) is 6.04 Å². The molecule has 1 aromatic carbocycles. The normalized spacial score (nSPS) is 11.7. The number of carboxylic acids is 1. The van der Waals surface area contributed by atoms with Crippen molar-refractivity contribution in [1.29, 1.82) is 0 Å². The van der Waals surface area contributed by atoms with Crippen LogP contribution in [0.15, 0.2) is 22.7 Å². The first-order valence-corrected chi connectivity index (χ1v) is 6.80. The summed E-state index contributed by atoms with van der Waals surface area (Å²) in [7, 11) is 0. The topological polar surface area (TPSA) is 78.4 Å². The first kappa shape index (κ1) is 15.5. The van der Waals surface area contributed by atoms with Gasteiger partial charge in [-0.1, -0.05) is 25.5 Å². The third-order valence-electron chi connectivity index (χ3n) is 2.62. The highest BCUT2D eigenvalue weighted by Gasteiger charge is 2.19. The van der Waals surface area contributed by atoms with Crippen molar-refractivity contribution in [2.45, 2.75) is 32.7 Å². The fraction of sp³-hybridized carbons (Fsp3) is 0.385. The molecule has 0 saturated carbocycles. The zero-order valence-electron chi connectivity index (χ0n) is 10.9. The molecule has 0 heterocycles. The molecule has 3 N–H and O–H groups in total. The summed E-state index contributed by atoms with van der Waals surface area (Å²) in [4.78, 5) is 22.7. The molecule has 1 atom stereocenters. The van der Waals surface area contributed by atoms with Gasteiger partial charge in [0.15, 0.2) is 0 Å². The molecule has 6 heteroatoms. The fourth-order valence-corrected chi connectivity index (χ4v) is 1.97. The van der Waals surface area contributed by atoms with Crippen molar-refractivity contribution in [2.75, 3.05) is 5.32 Å². The van der Waals surface area contributed by atoms with E-state index in [9.17, 15) is 9.59 Å². The Balaban J connectivity index is 2.69. The lowest BCUT2D eigenvalue weighted by atomic mass is 10.2. The van der Waals surface area contributed by atoms with Gasteiger partial charge in [-0.3, -0.25) is 0 Å². The van der Waals surface area contributed by atoms with Gasteiger partial charge in [0, 0.05) is 4.47 Å². The third kappa shape index (κ3) is 4.55. The summed E-state index contributed by atoms with van der Waals surface area (Å²) in [5, 5.41) is 14.0. The molecule has 0 saturated heterocycles. The van der Waals surface area contributed by atoms with Gasteiger partial charge in [-0.15, -0.1) is 0 Å². The summed E-state index contributed by atoms with van der Waals surface area (Å²) in [5.74, 6) is -1.03. The van der Waals surface area contributed by atoms with Crippen molar-refractivity contribution in [1.82, 2.24) is 5.32 Å². The maximum atomic E-state index is 11.8. The van der Waals surface area contributed by atoms with Crippen LogP contribution in [-0.2, 0) is 4.79 Å². The van der Waals surface area contributed by atoms with Crippen molar-refractivity contribution in [3.05, 3.63) is 28.2 Å². The van der Waals surface area contributed by atoms with Gasteiger partial charge in [-0.25, -0.2) is 9.59 Å². The second-order valence-electron chi connectivity index (χ2n) is 4.21. The minimum Gasteiger partial charge on any atom is -0.480 e. The van der Waals surface area contributed by atoms with Gasteiger partial charge in [0.2, 0.25) is 0 Å². The number of aryl methyl sites for hydroxylation is 1. The molecule has 5 nitrogen and oxygen atoms in total. The third-order valence-corrected chi connectivity index (χ3v) is 3.67. The minimum absolute atomic E-state index is 0.401. The van der Waals surface area contributed by atoms with Crippen molar-refractivity contribution in [3.63, 3.8) is 0 Å². The maximum absolute atomic E-state index is 11.8. The highest BCUT2D eigenvalue weighted by molar-refractivity contribution is 9.10. The Morgan fingerprint density at radius 2 is 2.11 bits per heavy atom. The van der Waals surface area contributed by atoms with Crippen LogP contribution in [0.4, 0.5) is 10.5 Å². The summed E-state index contributed by atoms with van der Waals surface area (Å²) in [5.41, 5.74) is 1.60. The van der Waals surface area contributed by atoms with Crippen LogP contribution in [0.25, 0.3) is 0 Å². The van der Waals surface area contributed by atoms with Crippen LogP contribution in [0.1, 0.15) is 25.3 Å². The molecule has 0 fully saturated rings. The van der Waals surface area contributed by atoms with Gasteiger partial charge in [-0.2, -0.15) is 0 Å². The summed E-state index contributed by atoms with van der Waals surface area (Å²) < 4.78 is 0.785. The number of rotatable bonds is 5. The standard InChI is InChI=1S/C13H17BrN2O3/c1-3-5-10(12(17)18)16-13(19)15-9-7-4-6-8(2)11(9)14/h4,6-7,10H,3,5H2,1-2H3,(H,17,18)(H2,15,16,19)/t10-/m1/s1. The van der Waals surface area contributed by atoms with Crippen molar-refractivity contribution in [2.24, 2.45) is 0 Å². The molecule has 2 amide bonds. The number of benzene rings is 1. The quantitative estimate of drug-likeness (QED) is 0.776. The predicted octanol–water partition coefficient (Wildman–Crippen LogP) is 3.13. The Morgan fingerprint density at radius 3 is 2.68 bits per heavy atom. The average molecular weight is 329 g/mol. The number of halogens is 1. The van der Waals surface area contributed by atoms with Crippen LogP contribution in [0.3, 0.4) is 0 Å². The highest BCUT2D eigenvalue weighted by atomic mass is 79.9. The van der Waals surface area contributed by atoms with Gasteiger partial charge in [-0.05, 0) is 40.9 Å². The van der Waals surface area contributed by atoms with E-state index >= 15 is 0 Å². The van der Waals surface area contributed by atoms with Crippen LogP contribution in [0.2, 0.25) is 0 Å². The molecule has 1 rings (SSSR count). The SMILES string of the molecule is CCC[C@@H](NC(=O)Nc1cccc(C)c1Br)C(=O)O. The summed E-state index contributed by atoms with van der Waals surface area (Å²) in [6.45, 7) is 3.77. The number of aliphatic carboxylic acids is 1. The number of carboxylic acid groups (broad SMARTS) is 1. The number of carbonyl (C=O) groups excluding carboxylic acids is 1. The molecule has 1 aromatic rings. The monoisotopic (exact) mass is 328 g/mol. The van der Waals surface area contributed by atoms with E-state index in [0.717, 1.165) is 10.0 Å². The van der Waals surface area contributed by atoms with Crippen LogP contribution < -0.4 is 10.6 Å². The Labute approximate surface area is 120 Å². The van der Waals surface area contributed by atoms with E-state index in [2.05, 4.69) is 26.6 Å². The van der Waals surface area contributed by atoms with Crippen molar-refractivity contribution >= 4 is 33.6 Å². The number of amides is 2. The number of nitrogens with one attached hydrogen (secondary N) is 2. The number of carbonyl (C=O) groups is 2. The van der Waals surface area contributed by atoms with Crippen molar-refractivity contribution in [3.8, 4) is 0 Å². The van der Waals surface area contributed by atoms with E-state index in [-0.39, 0.29) is 0 Å². The maximum Gasteiger partial charge on any atom is 0.326 e. The lowest BCUT2D eigenvalue weighted by molar-refractivity contribution is -0.139. The van der Waals surface area contributed by atoms with Gasteiger partial charge in [0.25, 0.3) is 0 Å². The second kappa shape index (κ2) is 7.13. The Morgan fingerprint density at radius 1 is 1.42 bits per heavy atom. The second-order valence-corrected chi connectivity index (χ2v) is 5.01. The van der Waals surface area contributed by atoms with E-state index in [1.54, 1.807) is 6.07 Å².